The lowest BCUT2D eigenvalue weighted by Gasteiger charge is -2.07. The molecule has 6 heteroatoms. The second kappa shape index (κ2) is 7.47. The summed E-state index contributed by atoms with van der Waals surface area (Å²) >= 11 is 0. The lowest BCUT2D eigenvalue weighted by Crippen LogP contribution is -2.30. The Morgan fingerprint density at radius 1 is 1.17 bits per heavy atom. The Bertz CT molecular complexity index is 1280. The number of aromatic nitrogens is 1. The Morgan fingerprint density at radius 3 is 2.79 bits per heavy atom. The number of carbonyl (C=O) groups excluding carboxylic acids is 1. The molecule has 2 heterocycles. The molecular formula is C23H22N2O4. The Labute approximate surface area is 167 Å². The number of rotatable bonds is 5. The highest BCUT2D eigenvalue weighted by molar-refractivity contribution is 5.96. The molecule has 0 aliphatic rings. The number of hydrogen-bond donors (Lipinski definition) is 2. The zero-order valence-electron chi connectivity index (χ0n) is 16.6. The molecule has 0 radical (unpaired) electrons. The first-order chi connectivity index (χ1) is 14.0. The Kier molecular flexibility index (Phi) is 4.84. The second-order valence-corrected chi connectivity index (χ2v) is 7.08. The number of para-hydroxylation sites is 1. The van der Waals surface area contributed by atoms with Crippen molar-refractivity contribution < 1.29 is 13.9 Å². The SMILES string of the molecule is COc1ccc2oc(=O)c(C(=O)NCCc3c(C)[nH]c4c(C)cccc34)cc2c1. The van der Waals surface area contributed by atoms with E-state index in [-0.39, 0.29) is 5.56 Å². The predicted octanol–water partition coefficient (Wildman–Crippen LogP) is 3.87. The summed E-state index contributed by atoms with van der Waals surface area (Å²) in [5.74, 6) is 0.181. The van der Waals surface area contributed by atoms with Crippen molar-refractivity contribution in [1.29, 1.82) is 0 Å². The van der Waals surface area contributed by atoms with Gasteiger partial charge in [-0.25, -0.2) is 4.79 Å². The van der Waals surface area contributed by atoms with Gasteiger partial charge in [0.15, 0.2) is 0 Å². The van der Waals surface area contributed by atoms with Crippen LogP contribution in [0.25, 0.3) is 21.9 Å². The molecular weight excluding hydrogens is 368 g/mol. The van der Waals surface area contributed by atoms with Gasteiger partial charge in [-0.15, -0.1) is 0 Å². The maximum absolute atomic E-state index is 12.6. The van der Waals surface area contributed by atoms with E-state index < -0.39 is 11.5 Å². The number of hydrogen-bond acceptors (Lipinski definition) is 4. The highest BCUT2D eigenvalue weighted by Gasteiger charge is 2.15. The second-order valence-electron chi connectivity index (χ2n) is 7.08. The van der Waals surface area contributed by atoms with Crippen LogP contribution >= 0.6 is 0 Å². The van der Waals surface area contributed by atoms with E-state index in [1.807, 2.05) is 13.0 Å². The van der Waals surface area contributed by atoms with Crippen molar-refractivity contribution in [2.75, 3.05) is 13.7 Å². The van der Waals surface area contributed by atoms with Crippen molar-refractivity contribution in [1.82, 2.24) is 10.3 Å². The van der Waals surface area contributed by atoms with Crippen molar-refractivity contribution in [2.45, 2.75) is 20.3 Å². The minimum atomic E-state index is -0.654. The lowest BCUT2D eigenvalue weighted by molar-refractivity contribution is 0.0950. The number of H-pyrrole nitrogens is 1. The molecule has 0 atom stereocenters. The van der Waals surface area contributed by atoms with Crippen LogP contribution in [0.2, 0.25) is 0 Å². The average Bonchev–Trinajstić information content (AvgIpc) is 3.04. The normalized spacial score (nSPS) is 11.1. The molecule has 0 aliphatic heterocycles. The standard InChI is InChI=1S/C23H22N2O4/c1-13-5-4-6-18-17(14(2)25-21(13)18)9-10-24-22(26)19-12-15-11-16(28-3)7-8-20(15)29-23(19)27/h4-8,11-12,25H,9-10H2,1-3H3,(H,24,26). The topological polar surface area (TPSA) is 84.3 Å². The zero-order chi connectivity index (χ0) is 20.5. The van der Waals surface area contributed by atoms with Gasteiger partial charge < -0.3 is 19.5 Å². The lowest BCUT2D eigenvalue weighted by atomic mass is 10.1. The third kappa shape index (κ3) is 3.49. The number of amides is 1. The van der Waals surface area contributed by atoms with Gasteiger partial charge in [-0.1, -0.05) is 18.2 Å². The van der Waals surface area contributed by atoms with E-state index in [0.717, 1.165) is 16.6 Å². The minimum absolute atomic E-state index is 0.0164. The molecule has 4 rings (SSSR count). The number of ether oxygens (including phenoxy) is 1. The van der Waals surface area contributed by atoms with Crippen LogP contribution in [0.5, 0.6) is 5.75 Å². The molecule has 0 unspecified atom stereocenters. The summed E-state index contributed by atoms with van der Waals surface area (Å²) in [6.07, 6.45) is 0.660. The molecule has 0 saturated carbocycles. The molecule has 0 saturated heterocycles. The minimum Gasteiger partial charge on any atom is -0.497 e. The number of fused-ring (bicyclic) bond motifs is 2. The van der Waals surface area contributed by atoms with E-state index in [4.69, 9.17) is 9.15 Å². The van der Waals surface area contributed by atoms with Crippen LogP contribution in [-0.2, 0) is 6.42 Å². The first-order valence-corrected chi connectivity index (χ1v) is 9.45. The summed E-state index contributed by atoms with van der Waals surface area (Å²) in [7, 11) is 1.56. The van der Waals surface area contributed by atoms with E-state index in [1.54, 1.807) is 31.4 Å². The van der Waals surface area contributed by atoms with Crippen LogP contribution < -0.4 is 15.7 Å². The third-order valence-electron chi connectivity index (χ3n) is 5.21. The fraction of sp³-hybridized carbons (Fsp3) is 0.217. The quantitative estimate of drug-likeness (QED) is 0.507. The number of aryl methyl sites for hydroxylation is 2. The summed E-state index contributed by atoms with van der Waals surface area (Å²) in [6, 6.07) is 12.8. The number of nitrogens with one attached hydrogen (secondary N) is 2. The molecule has 6 nitrogen and oxygen atoms in total. The molecule has 0 fully saturated rings. The molecule has 2 aromatic heterocycles. The maximum atomic E-state index is 12.6. The van der Waals surface area contributed by atoms with Crippen molar-refractivity contribution in [3.8, 4) is 5.75 Å². The van der Waals surface area contributed by atoms with Gasteiger partial charge in [-0.3, -0.25) is 4.79 Å². The average molecular weight is 390 g/mol. The Hall–Kier alpha value is -3.54. The van der Waals surface area contributed by atoms with Crippen LogP contribution in [0, 0.1) is 13.8 Å². The molecule has 2 aromatic carbocycles. The van der Waals surface area contributed by atoms with Crippen molar-refractivity contribution in [3.05, 3.63) is 75.3 Å². The first kappa shape index (κ1) is 18.8. The van der Waals surface area contributed by atoms with Gasteiger partial charge in [-0.05, 0) is 55.7 Å². The van der Waals surface area contributed by atoms with E-state index in [1.165, 1.54) is 11.1 Å². The number of methoxy groups -OCH3 is 1. The largest absolute Gasteiger partial charge is 0.497 e. The first-order valence-electron chi connectivity index (χ1n) is 9.45. The van der Waals surface area contributed by atoms with E-state index in [2.05, 4.69) is 29.4 Å². The summed E-state index contributed by atoms with van der Waals surface area (Å²) in [6.45, 7) is 4.51. The van der Waals surface area contributed by atoms with Crippen LogP contribution in [0.1, 0.15) is 27.2 Å². The molecule has 0 aliphatic carbocycles. The van der Waals surface area contributed by atoms with Gasteiger partial charge in [0.2, 0.25) is 0 Å². The van der Waals surface area contributed by atoms with Crippen molar-refractivity contribution in [2.24, 2.45) is 0 Å². The van der Waals surface area contributed by atoms with Crippen LogP contribution in [0.4, 0.5) is 0 Å². The smallest absolute Gasteiger partial charge is 0.349 e. The molecule has 148 valence electrons. The fourth-order valence-electron chi connectivity index (χ4n) is 3.66. The highest BCUT2D eigenvalue weighted by Crippen LogP contribution is 2.25. The molecule has 29 heavy (non-hydrogen) atoms. The molecule has 4 aromatic rings. The summed E-state index contributed by atoms with van der Waals surface area (Å²) in [5.41, 5.74) is 4.30. The maximum Gasteiger partial charge on any atom is 0.349 e. The van der Waals surface area contributed by atoms with Crippen LogP contribution in [0.3, 0.4) is 0 Å². The van der Waals surface area contributed by atoms with Crippen molar-refractivity contribution >= 4 is 27.8 Å². The third-order valence-corrected chi connectivity index (χ3v) is 5.21. The summed E-state index contributed by atoms with van der Waals surface area (Å²) in [4.78, 5) is 28.2. The molecule has 1 amide bonds. The monoisotopic (exact) mass is 390 g/mol. The van der Waals surface area contributed by atoms with Gasteiger partial charge in [0.1, 0.15) is 16.9 Å². The highest BCUT2D eigenvalue weighted by atomic mass is 16.5. The van der Waals surface area contributed by atoms with E-state index in [9.17, 15) is 9.59 Å². The fourth-order valence-corrected chi connectivity index (χ4v) is 3.66. The van der Waals surface area contributed by atoms with Crippen molar-refractivity contribution in [3.63, 3.8) is 0 Å². The van der Waals surface area contributed by atoms with Gasteiger partial charge in [-0.2, -0.15) is 0 Å². The zero-order valence-corrected chi connectivity index (χ0v) is 16.6. The Balaban J connectivity index is 1.53. The summed E-state index contributed by atoms with van der Waals surface area (Å²) in [5, 5.41) is 4.63. The van der Waals surface area contributed by atoms with Gasteiger partial charge in [0, 0.05) is 28.5 Å². The molecule has 0 spiro atoms. The predicted molar refractivity (Wildman–Crippen MR) is 113 cm³/mol. The van der Waals surface area contributed by atoms with Crippen LogP contribution in [-0.4, -0.2) is 24.5 Å². The number of aromatic amines is 1. The van der Waals surface area contributed by atoms with Gasteiger partial charge in [0.25, 0.3) is 5.91 Å². The number of benzene rings is 2. The van der Waals surface area contributed by atoms with Crippen LogP contribution in [0.15, 0.2) is 51.7 Å². The van der Waals surface area contributed by atoms with E-state index >= 15 is 0 Å². The number of carbonyl (C=O) groups is 1. The summed E-state index contributed by atoms with van der Waals surface area (Å²) < 4.78 is 10.5. The van der Waals surface area contributed by atoms with E-state index in [0.29, 0.717) is 29.7 Å². The van der Waals surface area contributed by atoms with Gasteiger partial charge >= 0.3 is 5.63 Å². The van der Waals surface area contributed by atoms with Gasteiger partial charge in [0.05, 0.1) is 7.11 Å². The molecule has 2 N–H and O–H groups in total. The molecule has 0 bridgehead atoms. The Morgan fingerprint density at radius 2 is 2.00 bits per heavy atom.